The van der Waals surface area contributed by atoms with Gasteiger partial charge in [-0.2, -0.15) is 22.6 Å². The van der Waals surface area contributed by atoms with Gasteiger partial charge in [0.05, 0.1) is 17.0 Å². The van der Waals surface area contributed by atoms with E-state index in [9.17, 15) is 26.4 Å². The van der Waals surface area contributed by atoms with Gasteiger partial charge in [-0.15, -0.1) is 0 Å². The van der Waals surface area contributed by atoms with Crippen LogP contribution in [0.1, 0.15) is 33.7 Å². The minimum atomic E-state index is -4.54. The summed E-state index contributed by atoms with van der Waals surface area (Å²) >= 11 is 0. The predicted octanol–water partition coefficient (Wildman–Crippen LogP) is 2.58. The van der Waals surface area contributed by atoms with Crippen LogP contribution in [0.25, 0.3) is 0 Å². The van der Waals surface area contributed by atoms with Crippen molar-refractivity contribution in [3.8, 4) is 0 Å². The number of alkyl halides is 3. The van der Waals surface area contributed by atoms with Gasteiger partial charge in [0.15, 0.2) is 0 Å². The van der Waals surface area contributed by atoms with Gasteiger partial charge < -0.3 is 4.90 Å². The quantitative estimate of drug-likeness (QED) is 0.811. The van der Waals surface area contributed by atoms with Gasteiger partial charge in [-0.25, -0.2) is 8.42 Å². The lowest BCUT2D eigenvalue weighted by Gasteiger charge is -2.22. The Balaban J connectivity index is 1.77. The molecule has 2 heterocycles. The maximum atomic E-state index is 13.0. The Morgan fingerprint density at radius 1 is 1.14 bits per heavy atom. The molecule has 158 valence electrons. The normalized spacial score (nSPS) is 16.7. The van der Waals surface area contributed by atoms with E-state index in [0.29, 0.717) is 17.8 Å². The number of sulfonamides is 1. The molecule has 1 amide bonds. The molecule has 1 aromatic heterocycles. The number of carbonyl (C=O) groups excluding carboxylic acids is 1. The van der Waals surface area contributed by atoms with E-state index in [0.717, 1.165) is 12.1 Å². The smallest absolute Gasteiger partial charge is 0.337 e. The molecule has 0 aliphatic carbocycles. The molecule has 0 saturated carbocycles. The van der Waals surface area contributed by atoms with Gasteiger partial charge in [-0.05, 0) is 38.5 Å². The number of hydrogen-bond donors (Lipinski definition) is 1. The second kappa shape index (κ2) is 7.79. The molecule has 3 rings (SSSR count). The number of halogens is 3. The molecule has 0 atom stereocenters. The van der Waals surface area contributed by atoms with Crippen LogP contribution in [0.3, 0.4) is 0 Å². The van der Waals surface area contributed by atoms with Gasteiger partial charge >= 0.3 is 6.18 Å². The van der Waals surface area contributed by atoms with Crippen molar-refractivity contribution < 1.29 is 26.4 Å². The average Bonchev–Trinajstić information content (AvgIpc) is 2.85. The molecule has 1 saturated heterocycles. The Labute approximate surface area is 166 Å². The number of benzene rings is 1. The number of amides is 1. The Bertz CT molecular complexity index is 998. The minimum absolute atomic E-state index is 0.0527. The summed E-state index contributed by atoms with van der Waals surface area (Å²) in [4.78, 5) is 14.2. The Morgan fingerprint density at radius 3 is 2.48 bits per heavy atom. The predicted molar refractivity (Wildman–Crippen MR) is 98.8 cm³/mol. The lowest BCUT2D eigenvalue weighted by Crippen LogP contribution is -2.37. The van der Waals surface area contributed by atoms with Crippen LogP contribution in [0.15, 0.2) is 29.2 Å². The van der Waals surface area contributed by atoms with Crippen molar-refractivity contribution in [1.82, 2.24) is 19.4 Å². The van der Waals surface area contributed by atoms with Crippen LogP contribution < -0.4 is 0 Å². The molecule has 1 aliphatic heterocycles. The first-order chi connectivity index (χ1) is 13.5. The van der Waals surface area contributed by atoms with Gasteiger partial charge in [0.2, 0.25) is 10.0 Å². The number of rotatable bonds is 3. The Morgan fingerprint density at radius 2 is 1.86 bits per heavy atom. The number of aromatic amines is 1. The van der Waals surface area contributed by atoms with Crippen molar-refractivity contribution in [3.05, 3.63) is 46.8 Å². The van der Waals surface area contributed by atoms with Crippen LogP contribution in [0.5, 0.6) is 0 Å². The zero-order chi connectivity index (χ0) is 21.4. The van der Waals surface area contributed by atoms with Gasteiger partial charge in [0, 0.05) is 31.7 Å². The van der Waals surface area contributed by atoms with Gasteiger partial charge in [0.25, 0.3) is 5.91 Å². The Kier molecular flexibility index (Phi) is 5.72. The largest absolute Gasteiger partial charge is 0.416 e. The fraction of sp³-hybridized carbons (Fsp3) is 0.444. The highest BCUT2D eigenvalue weighted by molar-refractivity contribution is 7.89. The number of hydrogen-bond acceptors (Lipinski definition) is 4. The maximum Gasteiger partial charge on any atom is 0.416 e. The van der Waals surface area contributed by atoms with Gasteiger partial charge in [-0.3, -0.25) is 9.89 Å². The number of nitrogens with zero attached hydrogens (tertiary/aromatic N) is 3. The van der Waals surface area contributed by atoms with E-state index in [4.69, 9.17) is 0 Å². The Hall–Kier alpha value is -2.40. The molecular weight excluding hydrogens is 409 g/mol. The molecule has 7 nitrogen and oxygen atoms in total. The van der Waals surface area contributed by atoms with E-state index in [2.05, 4.69) is 10.2 Å². The summed E-state index contributed by atoms with van der Waals surface area (Å²) in [6.07, 6.45) is -4.17. The highest BCUT2D eigenvalue weighted by atomic mass is 32.2. The van der Waals surface area contributed by atoms with Crippen LogP contribution in [-0.2, 0) is 16.2 Å². The molecule has 29 heavy (non-hydrogen) atoms. The summed E-state index contributed by atoms with van der Waals surface area (Å²) in [7, 11) is -3.79. The van der Waals surface area contributed by atoms with Crippen LogP contribution in [0.2, 0.25) is 0 Å². The first kappa shape index (κ1) is 21.3. The number of aromatic nitrogens is 2. The molecule has 0 bridgehead atoms. The van der Waals surface area contributed by atoms with Crippen molar-refractivity contribution in [2.75, 3.05) is 26.2 Å². The first-order valence-electron chi connectivity index (χ1n) is 9.00. The van der Waals surface area contributed by atoms with E-state index < -0.39 is 27.7 Å². The third kappa shape index (κ3) is 4.30. The number of aryl methyl sites for hydroxylation is 2. The summed E-state index contributed by atoms with van der Waals surface area (Å²) in [5.74, 6) is -0.550. The van der Waals surface area contributed by atoms with Gasteiger partial charge in [0.1, 0.15) is 4.90 Å². The summed E-state index contributed by atoms with van der Waals surface area (Å²) in [6.45, 7) is 3.82. The number of carbonyl (C=O) groups is 1. The zero-order valence-electron chi connectivity index (χ0n) is 16.0. The summed E-state index contributed by atoms with van der Waals surface area (Å²) in [6, 6.07) is 4.24. The monoisotopic (exact) mass is 430 g/mol. The molecule has 0 spiro atoms. The average molecular weight is 430 g/mol. The molecule has 0 radical (unpaired) electrons. The standard InChI is InChI=1S/C18H21F3N4O3S/c1-12-16(13(2)23-22-12)29(27,28)25-8-4-7-24(9-10-25)17(26)14-5-3-6-15(11-14)18(19,20)21/h3,5-6,11H,4,7-10H2,1-2H3,(H,22,23). The maximum absolute atomic E-state index is 13.0. The fourth-order valence-corrected chi connectivity index (χ4v) is 5.20. The minimum Gasteiger partial charge on any atom is -0.337 e. The highest BCUT2D eigenvalue weighted by Crippen LogP contribution is 2.30. The third-order valence-electron chi connectivity index (χ3n) is 4.84. The molecule has 1 aromatic carbocycles. The van der Waals surface area contributed by atoms with Crippen LogP contribution in [0, 0.1) is 13.8 Å². The molecular formula is C18H21F3N4O3S. The van der Waals surface area contributed by atoms with E-state index in [1.54, 1.807) is 13.8 Å². The molecule has 1 fully saturated rings. The van der Waals surface area contributed by atoms with Gasteiger partial charge in [-0.1, -0.05) is 6.07 Å². The fourth-order valence-electron chi connectivity index (χ4n) is 3.40. The summed E-state index contributed by atoms with van der Waals surface area (Å²) < 4.78 is 66.0. The first-order valence-corrected chi connectivity index (χ1v) is 10.4. The van der Waals surface area contributed by atoms with Crippen molar-refractivity contribution in [1.29, 1.82) is 0 Å². The van der Waals surface area contributed by atoms with Crippen LogP contribution >= 0.6 is 0 Å². The molecule has 1 aliphatic rings. The summed E-state index contributed by atoms with van der Waals surface area (Å²) in [5, 5.41) is 6.58. The van der Waals surface area contributed by atoms with Crippen molar-refractivity contribution in [3.63, 3.8) is 0 Å². The van der Waals surface area contributed by atoms with Crippen LogP contribution in [0.4, 0.5) is 13.2 Å². The van der Waals surface area contributed by atoms with E-state index in [1.165, 1.54) is 21.3 Å². The zero-order valence-corrected chi connectivity index (χ0v) is 16.8. The molecule has 0 unspecified atom stereocenters. The summed E-state index contributed by atoms with van der Waals surface area (Å²) in [5.41, 5.74) is -0.168. The molecule has 11 heteroatoms. The van der Waals surface area contributed by atoms with E-state index in [1.807, 2.05) is 0 Å². The van der Waals surface area contributed by atoms with Crippen molar-refractivity contribution in [2.45, 2.75) is 31.3 Å². The second-order valence-corrected chi connectivity index (χ2v) is 8.77. The number of nitrogens with one attached hydrogen (secondary N) is 1. The number of H-pyrrole nitrogens is 1. The lowest BCUT2D eigenvalue weighted by molar-refractivity contribution is -0.137. The van der Waals surface area contributed by atoms with Crippen LogP contribution in [-0.4, -0.2) is 59.9 Å². The molecule has 2 aromatic rings. The van der Waals surface area contributed by atoms with E-state index >= 15 is 0 Å². The van der Waals surface area contributed by atoms with Crippen molar-refractivity contribution in [2.24, 2.45) is 0 Å². The molecule has 1 N–H and O–H groups in total. The highest BCUT2D eigenvalue weighted by Gasteiger charge is 2.33. The van der Waals surface area contributed by atoms with E-state index in [-0.39, 0.29) is 36.6 Å². The third-order valence-corrected chi connectivity index (χ3v) is 7.00. The topological polar surface area (TPSA) is 86.4 Å². The SMILES string of the molecule is Cc1n[nH]c(C)c1S(=O)(=O)N1CCCN(C(=O)c2cccc(C(F)(F)F)c2)CC1. The van der Waals surface area contributed by atoms with Crippen molar-refractivity contribution >= 4 is 15.9 Å². The second-order valence-electron chi connectivity index (χ2n) is 6.89. The lowest BCUT2D eigenvalue weighted by atomic mass is 10.1.